The molecule has 5 rings (SSSR count). The quantitative estimate of drug-likeness (QED) is 0.413. The topological polar surface area (TPSA) is 4.93 Å². The number of hydrogen-bond donors (Lipinski definition) is 0. The van der Waals surface area contributed by atoms with Gasteiger partial charge >= 0.3 is 0 Å². The fraction of sp³-hybridized carbons (Fsp3) is 0. The van der Waals surface area contributed by atoms with Crippen LogP contribution in [0.5, 0.6) is 0 Å². The lowest BCUT2D eigenvalue weighted by molar-refractivity contribution is 1.18. The third-order valence-electron chi connectivity index (χ3n) is 5.04. The highest BCUT2D eigenvalue weighted by molar-refractivity contribution is 6.32. The first-order valence-electron chi connectivity index (χ1n) is 8.97. The summed E-state index contributed by atoms with van der Waals surface area (Å²) in [5.74, 6) is 0. The Morgan fingerprint density at radius 2 is 1.27 bits per heavy atom. The summed E-state index contributed by atoms with van der Waals surface area (Å²) in [6.45, 7) is 0. The Morgan fingerprint density at radius 3 is 2.12 bits per heavy atom. The number of rotatable bonds is 2. The Morgan fingerprint density at radius 1 is 0.538 bits per heavy atom. The van der Waals surface area contributed by atoms with Crippen LogP contribution in [0.4, 0.5) is 0 Å². The van der Waals surface area contributed by atoms with Crippen LogP contribution < -0.4 is 5.46 Å². The van der Waals surface area contributed by atoms with Gasteiger partial charge in [0, 0.05) is 16.5 Å². The molecule has 0 N–H and O–H groups in total. The Hall–Kier alpha value is -3.26. The number of nitrogens with zero attached hydrogens (tertiary/aromatic N) is 1. The first-order chi connectivity index (χ1) is 12.8. The summed E-state index contributed by atoms with van der Waals surface area (Å²) in [6, 6.07) is 34.8. The van der Waals surface area contributed by atoms with Crippen molar-refractivity contribution in [3.8, 4) is 16.8 Å². The maximum Gasteiger partial charge on any atom is 0.139 e. The van der Waals surface area contributed by atoms with Crippen molar-refractivity contribution in [2.45, 2.75) is 0 Å². The van der Waals surface area contributed by atoms with Gasteiger partial charge < -0.3 is 4.57 Å². The molecule has 0 saturated heterocycles. The van der Waals surface area contributed by atoms with Gasteiger partial charge in [-0.05, 0) is 41.5 Å². The maximum atomic E-state index is 2.35. The van der Waals surface area contributed by atoms with E-state index in [2.05, 4.69) is 109 Å². The van der Waals surface area contributed by atoms with Crippen molar-refractivity contribution < 1.29 is 0 Å². The van der Waals surface area contributed by atoms with Gasteiger partial charge in [-0.1, -0.05) is 72.2 Å². The second-order valence-electron chi connectivity index (χ2n) is 6.79. The third kappa shape index (κ3) is 2.34. The van der Waals surface area contributed by atoms with Gasteiger partial charge in [0.2, 0.25) is 0 Å². The highest BCUT2D eigenvalue weighted by atomic mass is 15.0. The summed E-state index contributed by atoms with van der Waals surface area (Å²) in [4.78, 5) is 0. The molecule has 0 radical (unpaired) electrons. The second-order valence-corrected chi connectivity index (χ2v) is 6.79. The Bertz CT molecular complexity index is 1240. The predicted octanol–water partition coefficient (Wildman–Crippen LogP) is 4.71. The van der Waals surface area contributed by atoms with E-state index in [4.69, 9.17) is 0 Å². The Balaban J connectivity index is 1.84. The monoisotopic (exact) mass is 331 g/mol. The molecule has 0 aliphatic rings. The zero-order valence-corrected chi connectivity index (χ0v) is 14.7. The molecule has 0 aliphatic carbocycles. The minimum Gasteiger partial charge on any atom is -0.309 e. The number of hydrogen-bond acceptors (Lipinski definition) is 0. The van der Waals surface area contributed by atoms with Gasteiger partial charge in [-0.2, -0.15) is 0 Å². The van der Waals surface area contributed by atoms with Gasteiger partial charge in [0.1, 0.15) is 7.85 Å². The van der Waals surface area contributed by atoms with Crippen LogP contribution in [-0.2, 0) is 0 Å². The number of benzene rings is 4. The van der Waals surface area contributed by atoms with E-state index in [9.17, 15) is 0 Å². The fourth-order valence-corrected chi connectivity index (χ4v) is 3.83. The van der Waals surface area contributed by atoms with Crippen LogP contribution >= 0.6 is 0 Å². The second kappa shape index (κ2) is 5.92. The van der Waals surface area contributed by atoms with Crippen molar-refractivity contribution >= 4 is 35.1 Å². The molecule has 0 aliphatic heterocycles. The molecule has 5 aromatic rings. The molecule has 26 heavy (non-hydrogen) atoms. The van der Waals surface area contributed by atoms with Crippen LogP contribution in [0.3, 0.4) is 0 Å². The molecule has 2 heteroatoms. The predicted molar refractivity (Wildman–Crippen MR) is 114 cm³/mol. The molecular weight excluding hydrogens is 313 g/mol. The van der Waals surface area contributed by atoms with E-state index in [1.54, 1.807) is 0 Å². The largest absolute Gasteiger partial charge is 0.309 e. The van der Waals surface area contributed by atoms with Crippen LogP contribution in [0.1, 0.15) is 0 Å². The van der Waals surface area contributed by atoms with Crippen LogP contribution in [0, 0.1) is 0 Å². The molecule has 0 saturated carbocycles. The fourth-order valence-electron chi connectivity index (χ4n) is 3.83. The van der Waals surface area contributed by atoms with E-state index < -0.39 is 0 Å². The molecule has 0 fully saturated rings. The molecule has 0 bridgehead atoms. The summed E-state index contributed by atoms with van der Waals surface area (Å²) in [6.07, 6.45) is 0. The number of para-hydroxylation sites is 2. The zero-order chi connectivity index (χ0) is 17.5. The molecule has 0 spiro atoms. The Labute approximate surface area is 153 Å². The SMILES string of the molecule is Bc1cccc(-c2ccc3c(c2)c2ccccc2n3-c2ccccc2)c1. The van der Waals surface area contributed by atoms with Crippen LogP contribution in [0.2, 0.25) is 0 Å². The van der Waals surface area contributed by atoms with E-state index in [1.165, 1.54) is 44.1 Å². The summed E-state index contributed by atoms with van der Waals surface area (Å²) in [5.41, 5.74) is 7.50. The van der Waals surface area contributed by atoms with Gasteiger partial charge in [0.25, 0.3) is 0 Å². The van der Waals surface area contributed by atoms with Crippen molar-refractivity contribution in [1.29, 1.82) is 0 Å². The first-order valence-corrected chi connectivity index (χ1v) is 8.97. The molecule has 0 amide bonds. The standard InChI is InChI=1S/C24H18BN/c25-19-8-6-7-17(15-19)18-13-14-24-22(16-18)21-11-4-5-12-23(21)26(24)20-9-2-1-3-10-20/h1-16H,25H2. The van der Waals surface area contributed by atoms with E-state index in [0.717, 1.165) is 0 Å². The van der Waals surface area contributed by atoms with Crippen LogP contribution in [-0.4, -0.2) is 12.4 Å². The lowest BCUT2D eigenvalue weighted by atomic mass is 9.92. The molecule has 1 heterocycles. The van der Waals surface area contributed by atoms with E-state index in [1.807, 2.05) is 0 Å². The number of fused-ring (bicyclic) bond motifs is 3. The number of aromatic nitrogens is 1. The molecule has 0 atom stereocenters. The summed E-state index contributed by atoms with van der Waals surface area (Å²) >= 11 is 0. The van der Waals surface area contributed by atoms with Gasteiger partial charge in [-0.3, -0.25) is 0 Å². The van der Waals surface area contributed by atoms with Gasteiger partial charge in [0.05, 0.1) is 11.0 Å². The van der Waals surface area contributed by atoms with Crippen molar-refractivity contribution in [3.63, 3.8) is 0 Å². The lowest BCUT2D eigenvalue weighted by Crippen LogP contribution is -2.00. The van der Waals surface area contributed by atoms with Crippen LogP contribution in [0.25, 0.3) is 38.6 Å². The van der Waals surface area contributed by atoms with Crippen molar-refractivity contribution in [2.24, 2.45) is 0 Å². The summed E-state index contributed by atoms with van der Waals surface area (Å²) in [5, 5.41) is 2.59. The molecule has 122 valence electrons. The smallest absolute Gasteiger partial charge is 0.139 e. The van der Waals surface area contributed by atoms with Gasteiger partial charge in [0.15, 0.2) is 0 Å². The molecule has 4 aromatic carbocycles. The van der Waals surface area contributed by atoms with Gasteiger partial charge in [-0.25, -0.2) is 0 Å². The molecule has 1 nitrogen and oxygen atoms in total. The minimum absolute atomic E-state index is 1.20. The van der Waals surface area contributed by atoms with Crippen molar-refractivity contribution in [2.75, 3.05) is 0 Å². The van der Waals surface area contributed by atoms with Gasteiger partial charge in [-0.15, -0.1) is 0 Å². The molecular formula is C24H18BN. The van der Waals surface area contributed by atoms with Crippen molar-refractivity contribution in [1.82, 2.24) is 4.57 Å². The van der Waals surface area contributed by atoms with Crippen molar-refractivity contribution in [3.05, 3.63) is 97.1 Å². The third-order valence-corrected chi connectivity index (χ3v) is 5.04. The lowest BCUT2D eigenvalue weighted by Gasteiger charge is -2.08. The first kappa shape index (κ1) is 15.0. The normalized spacial score (nSPS) is 11.2. The molecule has 1 aromatic heterocycles. The average Bonchev–Trinajstić information content (AvgIpc) is 3.02. The van der Waals surface area contributed by atoms with E-state index in [-0.39, 0.29) is 0 Å². The molecule has 0 unspecified atom stereocenters. The summed E-state index contributed by atoms with van der Waals surface area (Å²) < 4.78 is 2.35. The van der Waals surface area contributed by atoms with E-state index >= 15 is 0 Å². The maximum absolute atomic E-state index is 2.35. The highest BCUT2D eigenvalue weighted by Crippen LogP contribution is 2.34. The minimum atomic E-state index is 1.20. The van der Waals surface area contributed by atoms with Crippen LogP contribution in [0.15, 0.2) is 97.1 Å². The van der Waals surface area contributed by atoms with E-state index in [0.29, 0.717) is 0 Å². The summed E-state index contributed by atoms with van der Waals surface area (Å²) in [7, 11) is 2.14. The highest BCUT2D eigenvalue weighted by Gasteiger charge is 2.12. The zero-order valence-electron chi connectivity index (χ0n) is 14.7. The average molecular weight is 331 g/mol. The Kier molecular flexibility index (Phi) is 3.43.